The van der Waals surface area contributed by atoms with Crippen molar-refractivity contribution in [3.8, 4) is 5.75 Å². The Bertz CT molecular complexity index is 861. The van der Waals surface area contributed by atoms with E-state index in [0.717, 1.165) is 42.6 Å². The quantitative estimate of drug-likeness (QED) is 0.559. The lowest BCUT2D eigenvalue weighted by atomic mass is 9.65. The summed E-state index contributed by atoms with van der Waals surface area (Å²) in [7, 11) is 2.83. The van der Waals surface area contributed by atoms with E-state index in [-0.39, 0.29) is 17.4 Å². The van der Waals surface area contributed by atoms with Gasteiger partial charge < -0.3 is 14.2 Å². The molecule has 0 aromatic heterocycles. The first kappa shape index (κ1) is 21.9. The molecule has 0 N–H and O–H groups in total. The van der Waals surface area contributed by atoms with Crippen LogP contribution in [0.15, 0.2) is 48.5 Å². The van der Waals surface area contributed by atoms with Crippen LogP contribution in [0.1, 0.15) is 55.2 Å². The van der Waals surface area contributed by atoms with Gasteiger partial charge in [0.2, 0.25) is 0 Å². The van der Waals surface area contributed by atoms with Gasteiger partial charge in [0.1, 0.15) is 12.4 Å². The Balaban J connectivity index is 1.84. The van der Waals surface area contributed by atoms with Crippen molar-refractivity contribution in [2.75, 3.05) is 14.2 Å². The minimum absolute atomic E-state index is 0.223. The lowest BCUT2D eigenvalue weighted by Gasteiger charge is -2.39. The minimum Gasteiger partial charge on any atom is -0.489 e. The van der Waals surface area contributed by atoms with E-state index < -0.39 is 0 Å². The van der Waals surface area contributed by atoms with E-state index in [2.05, 4.69) is 12.1 Å². The average molecular weight is 411 g/mol. The molecule has 1 aliphatic carbocycles. The Labute approximate surface area is 178 Å². The zero-order valence-corrected chi connectivity index (χ0v) is 17.8. The summed E-state index contributed by atoms with van der Waals surface area (Å²) >= 11 is 0. The summed E-state index contributed by atoms with van der Waals surface area (Å²) in [6, 6.07) is 16.2. The molecule has 0 saturated carbocycles. The molecule has 0 aliphatic heterocycles. The Morgan fingerprint density at radius 1 is 1.00 bits per heavy atom. The van der Waals surface area contributed by atoms with Crippen molar-refractivity contribution in [1.82, 2.24) is 0 Å². The second-order valence-electron chi connectivity index (χ2n) is 7.91. The van der Waals surface area contributed by atoms with Crippen molar-refractivity contribution in [2.24, 2.45) is 0 Å². The first-order valence-electron chi connectivity index (χ1n) is 10.5. The molecule has 0 bridgehead atoms. The number of aryl methyl sites for hydroxylation is 1. The molecule has 2 aromatic rings. The van der Waals surface area contributed by atoms with E-state index >= 15 is 0 Å². The third-order valence-corrected chi connectivity index (χ3v) is 5.98. The lowest BCUT2D eigenvalue weighted by Crippen LogP contribution is -2.34. The highest BCUT2D eigenvalue weighted by molar-refractivity contribution is 5.72. The van der Waals surface area contributed by atoms with E-state index in [4.69, 9.17) is 14.2 Å². The van der Waals surface area contributed by atoms with Gasteiger partial charge in [0.15, 0.2) is 0 Å². The van der Waals surface area contributed by atoms with Crippen LogP contribution in [0.3, 0.4) is 0 Å². The topological polar surface area (TPSA) is 61.8 Å². The summed E-state index contributed by atoms with van der Waals surface area (Å²) in [5.41, 5.74) is 3.15. The van der Waals surface area contributed by atoms with Gasteiger partial charge in [-0.3, -0.25) is 9.59 Å². The summed E-state index contributed by atoms with van der Waals surface area (Å²) in [4.78, 5) is 23.9. The van der Waals surface area contributed by atoms with Gasteiger partial charge in [-0.2, -0.15) is 0 Å². The average Bonchev–Trinajstić information content (AvgIpc) is 2.78. The Kier molecular flexibility index (Phi) is 7.50. The van der Waals surface area contributed by atoms with Gasteiger partial charge in [-0.05, 0) is 60.9 Å². The standard InChI is InChI=1S/C25H30O5/c1-28-23(26)11-7-15-25(17-24(27)29-2)14-6-10-20-12-13-21(16-22(20)25)30-18-19-8-4-3-5-9-19/h3-5,8-9,12-13,16H,6-7,10-11,14-15,17-18H2,1-2H3. The molecule has 0 spiro atoms. The first-order chi connectivity index (χ1) is 14.6. The molecule has 1 atom stereocenters. The maximum absolute atomic E-state index is 12.3. The smallest absolute Gasteiger partial charge is 0.306 e. The van der Waals surface area contributed by atoms with Gasteiger partial charge in [-0.25, -0.2) is 0 Å². The molecule has 1 unspecified atom stereocenters. The van der Waals surface area contributed by atoms with Crippen LogP contribution in [0, 0.1) is 0 Å². The first-order valence-corrected chi connectivity index (χ1v) is 10.5. The van der Waals surface area contributed by atoms with Gasteiger partial charge in [-0.15, -0.1) is 0 Å². The lowest BCUT2D eigenvalue weighted by molar-refractivity contribution is -0.142. The predicted octanol–water partition coefficient (Wildman–Crippen LogP) is 4.75. The molecule has 2 aromatic carbocycles. The SMILES string of the molecule is COC(=O)CCCC1(CC(=O)OC)CCCc2ccc(OCc3ccccc3)cc21. The van der Waals surface area contributed by atoms with Crippen molar-refractivity contribution in [1.29, 1.82) is 0 Å². The van der Waals surface area contributed by atoms with Crippen LogP contribution in [-0.4, -0.2) is 26.2 Å². The van der Waals surface area contributed by atoms with Gasteiger partial charge in [0, 0.05) is 11.8 Å². The molecule has 0 amide bonds. The van der Waals surface area contributed by atoms with Gasteiger partial charge in [0.05, 0.1) is 20.6 Å². The van der Waals surface area contributed by atoms with Gasteiger partial charge in [-0.1, -0.05) is 36.4 Å². The number of benzene rings is 2. The largest absolute Gasteiger partial charge is 0.489 e. The van der Waals surface area contributed by atoms with E-state index in [1.807, 2.05) is 36.4 Å². The molecule has 0 heterocycles. The van der Waals surface area contributed by atoms with Crippen LogP contribution in [0.25, 0.3) is 0 Å². The van der Waals surface area contributed by atoms with E-state index in [9.17, 15) is 9.59 Å². The van der Waals surface area contributed by atoms with Crippen molar-refractivity contribution in [3.05, 3.63) is 65.2 Å². The summed E-state index contributed by atoms with van der Waals surface area (Å²) in [5, 5.41) is 0. The van der Waals surface area contributed by atoms with Crippen LogP contribution < -0.4 is 4.74 Å². The number of hydrogen-bond acceptors (Lipinski definition) is 5. The number of carbonyl (C=O) groups excluding carboxylic acids is 2. The van der Waals surface area contributed by atoms with Crippen LogP contribution in [0.5, 0.6) is 5.75 Å². The number of carbonyl (C=O) groups is 2. The number of fused-ring (bicyclic) bond motifs is 1. The fraction of sp³-hybridized carbons (Fsp3) is 0.440. The van der Waals surface area contributed by atoms with Crippen molar-refractivity contribution < 1.29 is 23.8 Å². The molecule has 5 heteroatoms. The van der Waals surface area contributed by atoms with E-state index in [1.54, 1.807) is 0 Å². The van der Waals surface area contributed by atoms with Crippen LogP contribution >= 0.6 is 0 Å². The summed E-state index contributed by atoms with van der Waals surface area (Å²) < 4.78 is 15.9. The van der Waals surface area contributed by atoms with Crippen molar-refractivity contribution in [3.63, 3.8) is 0 Å². The molecular formula is C25H30O5. The number of ether oxygens (including phenoxy) is 3. The second-order valence-corrected chi connectivity index (χ2v) is 7.91. The molecule has 5 nitrogen and oxygen atoms in total. The molecule has 3 rings (SSSR count). The highest BCUT2D eigenvalue weighted by Gasteiger charge is 2.39. The highest BCUT2D eigenvalue weighted by atomic mass is 16.5. The zero-order valence-electron chi connectivity index (χ0n) is 17.8. The monoisotopic (exact) mass is 410 g/mol. The molecule has 0 radical (unpaired) electrons. The van der Waals surface area contributed by atoms with E-state index in [1.165, 1.54) is 19.8 Å². The second kappa shape index (κ2) is 10.3. The van der Waals surface area contributed by atoms with Crippen molar-refractivity contribution >= 4 is 11.9 Å². The minimum atomic E-state index is -0.346. The maximum atomic E-state index is 12.3. The predicted molar refractivity (Wildman–Crippen MR) is 114 cm³/mol. The Morgan fingerprint density at radius 2 is 1.77 bits per heavy atom. The molecule has 0 saturated heterocycles. The molecule has 0 fully saturated rings. The maximum Gasteiger partial charge on any atom is 0.306 e. The zero-order chi connectivity index (χ0) is 21.4. The van der Waals surface area contributed by atoms with Gasteiger partial charge in [0.25, 0.3) is 0 Å². The number of methoxy groups -OCH3 is 2. The summed E-state index contributed by atoms with van der Waals surface area (Å²) in [6.07, 6.45) is 4.92. The third kappa shape index (κ3) is 5.41. The molecule has 30 heavy (non-hydrogen) atoms. The number of rotatable bonds is 9. The normalized spacial score (nSPS) is 17.7. The molecular weight excluding hydrogens is 380 g/mol. The van der Waals surface area contributed by atoms with Gasteiger partial charge >= 0.3 is 11.9 Å². The molecule has 160 valence electrons. The highest BCUT2D eigenvalue weighted by Crippen LogP contribution is 2.45. The van der Waals surface area contributed by atoms with Crippen molar-refractivity contribution in [2.45, 2.75) is 57.0 Å². The summed E-state index contributed by atoms with van der Waals surface area (Å²) in [5.74, 6) is 0.345. The van der Waals surface area contributed by atoms with Crippen LogP contribution in [0.4, 0.5) is 0 Å². The number of esters is 2. The third-order valence-electron chi connectivity index (χ3n) is 5.98. The van der Waals surface area contributed by atoms with Crippen LogP contribution in [-0.2, 0) is 37.5 Å². The fourth-order valence-electron chi connectivity index (χ4n) is 4.40. The Hall–Kier alpha value is -2.82. The van der Waals surface area contributed by atoms with E-state index in [0.29, 0.717) is 25.9 Å². The van der Waals surface area contributed by atoms with Crippen LogP contribution in [0.2, 0.25) is 0 Å². The Morgan fingerprint density at radius 3 is 2.50 bits per heavy atom. The molecule has 1 aliphatic rings. The fourth-order valence-corrected chi connectivity index (χ4v) is 4.40. The number of hydrogen-bond donors (Lipinski definition) is 0. The summed E-state index contributed by atoms with van der Waals surface area (Å²) in [6.45, 7) is 0.492.